The van der Waals surface area contributed by atoms with Gasteiger partial charge in [-0.05, 0) is 0 Å². The van der Waals surface area contributed by atoms with Crippen molar-refractivity contribution in [3.05, 3.63) is 0 Å². The monoisotopic (exact) mass is 385 g/mol. The number of terminal acetylenes is 1. The number of rotatable bonds is 0. The molecule has 0 aliphatic heterocycles. The summed E-state index contributed by atoms with van der Waals surface area (Å²) in [6.07, 6.45) is 5.40. The van der Waals surface area contributed by atoms with Crippen molar-refractivity contribution in [3.63, 3.8) is 0 Å². The summed E-state index contributed by atoms with van der Waals surface area (Å²) in [7, 11) is 0. The molecule has 0 heterocycles. The maximum Gasteiger partial charge on any atom is 0.103 e. The van der Waals surface area contributed by atoms with E-state index in [2.05, 4.69) is 43.7 Å². The molecule has 0 unspecified atom stereocenters. The summed E-state index contributed by atoms with van der Waals surface area (Å²) in [6.45, 7) is 0. The smallest absolute Gasteiger partial charge is 0.103 e. The van der Waals surface area contributed by atoms with Gasteiger partial charge in [0.1, 0.15) is 6.11 Å². The van der Waals surface area contributed by atoms with E-state index in [-0.39, 0.29) is 32.7 Å². The molecule has 0 fully saturated rings. The Morgan fingerprint density at radius 1 is 1.50 bits per heavy atom. The van der Waals surface area contributed by atoms with Crippen LogP contribution in [0.25, 0.3) is 0 Å². The molecule has 0 aromatic rings. The van der Waals surface area contributed by atoms with Crippen LogP contribution in [0.3, 0.4) is 0 Å². The molecule has 0 spiro atoms. The van der Waals surface area contributed by atoms with E-state index in [9.17, 15) is 0 Å². The molecule has 6 heavy (non-hydrogen) atoms. The first-order valence-electron chi connectivity index (χ1n) is 0.655. The van der Waals surface area contributed by atoms with Gasteiger partial charge in [-0.15, -0.1) is 0 Å². The molecule has 33 valence electrons. The van der Waals surface area contributed by atoms with Crippen molar-refractivity contribution in [2.24, 2.45) is 0 Å². The van der Waals surface area contributed by atoms with E-state index in [4.69, 9.17) is 5.11 Å². The summed E-state index contributed by atoms with van der Waals surface area (Å²) in [6, 6.07) is 0. The third-order valence-electron chi connectivity index (χ3n) is 0. The number of aliphatic hydroxyl groups excluding tert-OH is 1. The average molecular weight is 385 g/mol. The summed E-state index contributed by atoms with van der Waals surface area (Å²) in [5.41, 5.74) is 0. The molecule has 1 radical (unpaired) electrons. The standard InChI is InChI=1S/C2H2O.I2.Y/c1-2-3;1-2;/h1,3H;;. The minimum absolute atomic E-state index is 0. The maximum atomic E-state index is 7.10. The second kappa shape index (κ2) is 28.4. The normalized spacial score (nSPS) is 2.17. The van der Waals surface area contributed by atoms with Gasteiger partial charge in [0.15, 0.2) is 0 Å². The van der Waals surface area contributed by atoms with E-state index in [1.165, 1.54) is 6.11 Å². The minimum atomic E-state index is 0. The predicted octanol–water partition coefficient (Wildman–Crippen LogP) is 1.72. The molecule has 1 N–H and O–H groups in total. The van der Waals surface area contributed by atoms with Crippen molar-refractivity contribution in [2.75, 3.05) is 0 Å². The fourth-order valence-electron chi connectivity index (χ4n) is 0. The first kappa shape index (κ1) is 15.7. The van der Waals surface area contributed by atoms with Crippen LogP contribution in [0.4, 0.5) is 0 Å². The van der Waals surface area contributed by atoms with Crippen molar-refractivity contribution in [3.8, 4) is 12.5 Å². The predicted molar refractivity (Wildman–Crippen MR) is 38.8 cm³/mol. The Hall–Kier alpha value is 1.92. The van der Waals surface area contributed by atoms with Gasteiger partial charge >= 0.3 is 0 Å². The molecule has 0 bridgehead atoms. The molecule has 0 aromatic carbocycles. The fourth-order valence-corrected chi connectivity index (χ4v) is 0. The molecular weight excluding hydrogens is 383 g/mol. The van der Waals surface area contributed by atoms with E-state index >= 15 is 0 Å². The van der Waals surface area contributed by atoms with Crippen molar-refractivity contribution < 1.29 is 37.8 Å². The van der Waals surface area contributed by atoms with Crippen LogP contribution in [-0.4, -0.2) is 5.11 Å². The van der Waals surface area contributed by atoms with Crippen LogP contribution in [0.2, 0.25) is 0 Å². The summed E-state index contributed by atoms with van der Waals surface area (Å²) in [5.74, 6) is 0. The second-order valence-electron chi connectivity index (χ2n) is 0.129. The topological polar surface area (TPSA) is 20.2 Å². The average Bonchev–Trinajstić information content (AvgIpc) is 1.46. The van der Waals surface area contributed by atoms with E-state index in [0.29, 0.717) is 0 Å². The van der Waals surface area contributed by atoms with Gasteiger partial charge in [0.05, 0.1) is 0 Å². The van der Waals surface area contributed by atoms with E-state index in [0.717, 1.165) is 0 Å². The third-order valence-corrected chi connectivity index (χ3v) is 0. The molecular formula is C2H2I2OY. The van der Waals surface area contributed by atoms with Gasteiger partial charge in [0.2, 0.25) is 0 Å². The third kappa shape index (κ3) is 38.8. The molecule has 0 saturated carbocycles. The van der Waals surface area contributed by atoms with Gasteiger partial charge < -0.3 is 5.11 Å². The van der Waals surface area contributed by atoms with Crippen molar-refractivity contribution in [2.45, 2.75) is 0 Å². The zero-order chi connectivity index (χ0) is 4.71. The largest absolute Gasteiger partial charge is 0.462 e. The summed E-state index contributed by atoms with van der Waals surface area (Å²) >= 11 is 4.24. The van der Waals surface area contributed by atoms with Crippen LogP contribution in [0, 0.1) is 12.5 Å². The van der Waals surface area contributed by atoms with Gasteiger partial charge in [-0.25, -0.2) is 0 Å². The zero-order valence-corrected chi connectivity index (χ0v) is 10.0. The molecule has 0 aliphatic rings. The van der Waals surface area contributed by atoms with Crippen LogP contribution in [0.15, 0.2) is 0 Å². The molecule has 4 heteroatoms. The molecule has 1 nitrogen and oxygen atoms in total. The fraction of sp³-hybridized carbons (Fsp3) is 0. The Balaban J connectivity index is -0.0000000275. The van der Waals surface area contributed by atoms with Crippen LogP contribution in [-0.2, 0) is 32.7 Å². The number of hydrogen-bond donors (Lipinski definition) is 1. The number of aliphatic hydroxyl groups is 1. The number of hydrogen-bond acceptors (Lipinski definition) is 1. The van der Waals surface area contributed by atoms with Crippen molar-refractivity contribution in [1.29, 1.82) is 0 Å². The summed E-state index contributed by atoms with van der Waals surface area (Å²) in [5, 5.41) is 7.10. The molecule has 0 amide bonds. The first-order valence-corrected chi connectivity index (χ1v) is 6.94. The molecule has 0 aromatic heterocycles. The van der Waals surface area contributed by atoms with Crippen LogP contribution in [0.1, 0.15) is 0 Å². The molecule has 0 rings (SSSR count). The van der Waals surface area contributed by atoms with Gasteiger partial charge in [0, 0.05) is 69.9 Å². The van der Waals surface area contributed by atoms with Gasteiger partial charge in [-0.1, -0.05) is 6.42 Å². The second-order valence-corrected chi connectivity index (χ2v) is 0.129. The van der Waals surface area contributed by atoms with E-state index < -0.39 is 0 Å². The van der Waals surface area contributed by atoms with E-state index in [1.54, 1.807) is 0 Å². The quantitative estimate of drug-likeness (QED) is 0.498. The van der Waals surface area contributed by atoms with Gasteiger partial charge in [-0.3, -0.25) is 0 Å². The first-order chi connectivity index (χ1) is 2.41. The van der Waals surface area contributed by atoms with Crippen molar-refractivity contribution in [1.82, 2.24) is 0 Å². The van der Waals surface area contributed by atoms with Gasteiger partial charge in [0.25, 0.3) is 0 Å². The van der Waals surface area contributed by atoms with Crippen LogP contribution in [0.5, 0.6) is 0 Å². The molecule has 0 atom stereocenters. The summed E-state index contributed by atoms with van der Waals surface area (Å²) < 4.78 is 0. The van der Waals surface area contributed by atoms with Crippen LogP contribution < -0.4 is 0 Å². The Bertz CT molecular complexity index is 33.0. The van der Waals surface area contributed by atoms with Crippen LogP contribution >= 0.6 is 37.2 Å². The Morgan fingerprint density at radius 3 is 1.50 bits per heavy atom. The Kier molecular flexibility index (Phi) is 74.2. The Morgan fingerprint density at radius 2 is 1.50 bits per heavy atom. The SMILES string of the molecule is C#CO.II.[Y]. The summed E-state index contributed by atoms with van der Waals surface area (Å²) in [4.78, 5) is 0. The van der Waals surface area contributed by atoms with Crippen molar-refractivity contribution >= 4 is 37.2 Å². The van der Waals surface area contributed by atoms with E-state index in [1.807, 2.05) is 0 Å². The molecule has 0 aliphatic carbocycles. The maximum absolute atomic E-state index is 7.10. The zero-order valence-electron chi connectivity index (χ0n) is 2.86. The minimum Gasteiger partial charge on any atom is -0.462 e. The molecule has 0 saturated heterocycles. The Labute approximate surface area is 85.8 Å². The van der Waals surface area contributed by atoms with Gasteiger partial charge in [-0.2, -0.15) is 0 Å². The number of halogens is 2.